The molecular formula is C7H16N4O. The molecule has 0 unspecified atom stereocenters. The lowest BCUT2D eigenvalue weighted by Crippen LogP contribution is -2.40. The summed E-state index contributed by atoms with van der Waals surface area (Å²) >= 11 is 0. The van der Waals surface area contributed by atoms with Crippen molar-refractivity contribution in [2.75, 3.05) is 13.1 Å². The first kappa shape index (κ1) is 10.7. The van der Waals surface area contributed by atoms with E-state index >= 15 is 0 Å². The minimum absolute atomic E-state index is 0.0411. The number of carbonyl (C=O) groups is 1. The van der Waals surface area contributed by atoms with Crippen LogP contribution in [0.1, 0.15) is 19.8 Å². The summed E-state index contributed by atoms with van der Waals surface area (Å²) in [6, 6.07) is -0.265. The van der Waals surface area contributed by atoms with E-state index in [1.165, 1.54) is 0 Å². The van der Waals surface area contributed by atoms with Crippen LogP contribution in [0.3, 0.4) is 0 Å². The number of nitrogens with one attached hydrogen (secondary N) is 3. The molecule has 0 rings (SSSR count). The van der Waals surface area contributed by atoms with Crippen molar-refractivity contribution in [3.05, 3.63) is 0 Å². The Balaban J connectivity index is 3.28. The first-order chi connectivity index (χ1) is 5.66. The number of amides is 2. The van der Waals surface area contributed by atoms with Gasteiger partial charge in [0.05, 0.1) is 6.54 Å². The van der Waals surface area contributed by atoms with E-state index in [0.717, 1.165) is 12.8 Å². The van der Waals surface area contributed by atoms with Gasteiger partial charge in [-0.05, 0) is 6.42 Å². The molecule has 0 bridgehead atoms. The molecule has 0 aromatic heterocycles. The van der Waals surface area contributed by atoms with Gasteiger partial charge in [0.15, 0.2) is 0 Å². The molecule has 0 aliphatic carbocycles. The summed E-state index contributed by atoms with van der Waals surface area (Å²) in [7, 11) is 0. The number of rotatable bonds is 5. The summed E-state index contributed by atoms with van der Waals surface area (Å²) < 4.78 is 0. The Morgan fingerprint density at radius 1 is 1.50 bits per heavy atom. The summed E-state index contributed by atoms with van der Waals surface area (Å²) in [6.07, 6.45) is 2.01. The summed E-state index contributed by atoms with van der Waals surface area (Å²) in [5, 5.41) is 11.9. The van der Waals surface area contributed by atoms with E-state index in [1.807, 2.05) is 0 Å². The third-order valence-corrected chi connectivity index (χ3v) is 1.26. The third-order valence-electron chi connectivity index (χ3n) is 1.26. The van der Waals surface area contributed by atoms with Crippen molar-refractivity contribution < 1.29 is 4.79 Å². The van der Waals surface area contributed by atoms with Crippen LogP contribution >= 0.6 is 0 Å². The summed E-state index contributed by atoms with van der Waals surface area (Å²) in [6.45, 7) is 2.83. The lowest BCUT2D eigenvalue weighted by Gasteiger charge is -2.05. The number of hydrogen-bond donors (Lipinski definition) is 4. The SMILES string of the molecule is CCCCNC(=O)NCC(=N)N. The molecule has 0 spiro atoms. The fourth-order valence-electron chi connectivity index (χ4n) is 0.617. The Morgan fingerprint density at radius 2 is 2.17 bits per heavy atom. The van der Waals surface area contributed by atoms with Crippen LogP contribution in [-0.2, 0) is 0 Å². The van der Waals surface area contributed by atoms with Gasteiger partial charge in [-0.25, -0.2) is 4.79 Å². The maximum atomic E-state index is 10.8. The van der Waals surface area contributed by atoms with Crippen molar-refractivity contribution in [3.63, 3.8) is 0 Å². The van der Waals surface area contributed by atoms with Crippen molar-refractivity contribution in [2.24, 2.45) is 5.73 Å². The Labute approximate surface area is 72.2 Å². The Kier molecular flexibility index (Phi) is 5.77. The molecular weight excluding hydrogens is 156 g/mol. The Bertz CT molecular complexity index is 157. The van der Waals surface area contributed by atoms with Crippen molar-refractivity contribution in [1.82, 2.24) is 10.6 Å². The van der Waals surface area contributed by atoms with Crippen LogP contribution in [-0.4, -0.2) is 25.0 Å². The lowest BCUT2D eigenvalue weighted by atomic mass is 10.3. The monoisotopic (exact) mass is 172 g/mol. The fourth-order valence-corrected chi connectivity index (χ4v) is 0.617. The highest BCUT2D eigenvalue weighted by Crippen LogP contribution is 1.81. The van der Waals surface area contributed by atoms with Gasteiger partial charge in [0.25, 0.3) is 0 Å². The number of carbonyl (C=O) groups excluding carboxylic acids is 1. The molecule has 0 saturated heterocycles. The standard InChI is InChI=1S/C7H16N4O/c1-2-3-4-10-7(12)11-5-6(8)9/h2-5H2,1H3,(H3,8,9)(H2,10,11,12). The number of unbranched alkanes of at least 4 members (excludes halogenated alkanes) is 1. The molecule has 5 N–H and O–H groups in total. The molecule has 0 saturated carbocycles. The van der Waals surface area contributed by atoms with Gasteiger partial charge in [-0.2, -0.15) is 0 Å². The molecule has 0 aromatic rings. The highest BCUT2D eigenvalue weighted by atomic mass is 16.2. The van der Waals surface area contributed by atoms with Crippen LogP contribution < -0.4 is 16.4 Å². The van der Waals surface area contributed by atoms with Gasteiger partial charge in [-0.15, -0.1) is 0 Å². The first-order valence-corrected chi connectivity index (χ1v) is 4.01. The van der Waals surface area contributed by atoms with Gasteiger partial charge < -0.3 is 16.4 Å². The van der Waals surface area contributed by atoms with Gasteiger partial charge in [0.2, 0.25) is 0 Å². The highest BCUT2D eigenvalue weighted by Gasteiger charge is 1.97. The van der Waals surface area contributed by atoms with Gasteiger partial charge in [-0.1, -0.05) is 13.3 Å². The van der Waals surface area contributed by atoms with E-state index < -0.39 is 0 Å². The summed E-state index contributed by atoms with van der Waals surface area (Å²) in [4.78, 5) is 10.8. The maximum absolute atomic E-state index is 10.8. The lowest BCUT2D eigenvalue weighted by molar-refractivity contribution is 0.242. The molecule has 70 valence electrons. The molecule has 0 heterocycles. The molecule has 0 radical (unpaired) electrons. The normalized spacial score (nSPS) is 9.08. The smallest absolute Gasteiger partial charge is 0.315 e. The second-order valence-electron chi connectivity index (χ2n) is 2.49. The van der Waals surface area contributed by atoms with E-state index in [-0.39, 0.29) is 18.4 Å². The first-order valence-electron chi connectivity index (χ1n) is 4.01. The summed E-state index contributed by atoms with van der Waals surface area (Å²) in [5.74, 6) is -0.0411. The van der Waals surface area contributed by atoms with Crippen molar-refractivity contribution >= 4 is 11.9 Å². The van der Waals surface area contributed by atoms with Crippen LogP contribution in [0.25, 0.3) is 0 Å². The predicted octanol–water partition coefficient (Wildman–Crippen LogP) is 0.0217. The molecule has 5 heteroatoms. The minimum Gasteiger partial charge on any atom is -0.386 e. The zero-order chi connectivity index (χ0) is 9.40. The second-order valence-corrected chi connectivity index (χ2v) is 2.49. The topological polar surface area (TPSA) is 91.0 Å². The van der Waals surface area contributed by atoms with Crippen molar-refractivity contribution in [2.45, 2.75) is 19.8 Å². The molecule has 0 aliphatic heterocycles. The largest absolute Gasteiger partial charge is 0.386 e. The van der Waals surface area contributed by atoms with Gasteiger partial charge >= 0.3 is 6.03 Å². The molecule has 5 nitrogen and oxygen atoms in total. The van der Waals surface area contributed by atoms with Gasteiger partial charge in [0.1, 0.15) is 5.84 Å². The van der Waals surface area contributed by atoms with Crippen LogP contribution in [0.2, 0.25) is 0 Å². The van der Waals surface area contributed by atoms with E-state index in [1.54, 1.807) is 0 Å². The van der Waals surface area contributed by atoms with Crippen molar-refractivity contribution in [1.29, 1.82) is 5.41 Å². The van der Waals surface area contributed by atoms with Gasteiger partial charge in [-0.3, -0.25) is 5.41 Å². The zero-order valence-corrected chi connectivity index (χ0v) is 7.31. The second kappa shape index (κ2) is 6.45. The van der Waals surface area contributed by atoms with E-state index in [4.69, 9.17) is 11.1 Å². The average molecular weight is 172 g/mol. The molecule has 12 heavy (non-hydrogen) atoms. The van der Waals surface area contributed by atoms with Crippen molar-refractivity contribution in [3.8, 4) is 0 Å². The zero-order valence-electron chi connectivity index (χ0n) is 7.31. The quantitative estimate of drug-likeness (QED) is 0.267. The highest BCUT2D eigenvalue weighted by molar-refractivity contribution is 5.84. The summed E-state index contributed by atoms with van der Waals surface area (Å²) in [5.41, 5.74) is 5.04. The van der Waals surface area contributed by atoms with Crippen LogP contribution in [0.5, 0.6) is 0 Å². The van der Waals surface area contributed by atoms with Crippen LogP contribution in [0.15, 0.2) is 0 Å². The number of urea groups is 1. The molecule has 0 aliphatic rings. The number of nitrogens with two attached hydrogens (primary N) is 1. The molecule has 0 aromatic carbocycles. The number of amidine groups is 1. The maximum Gasteiger partial charge on any atom is 0.315 e. The van der Waals surface area contributed by atoms with E-state index in [0.29, 0.717) is 6.54 Å². The predicted molar refractivity (Wildman–Crippen MR) is 48.2 cm³/mol. The minimum atomic E-state index is -0.265. The molecule has 0 atom stereocenters. The molecule has 2 amide bonds. The van der Waals surface area contributed by atoms with E-state index in [9.17, 15) is 4.79 Å². The molecule has 0 fully saturated rings. The Hall–Kier alpha value is -1.26. The fraction of sp³-hybridized carbons (Fsp3) is 0.714. The number of hydrogen-bond acceptors (Lipinski definition) is 2. The van der Waals surface area contributed by atoms with Crippen LogP contribution in [0, 0.1) is 5.41 Å². The average Bonchev–Trinajstić information content (AvgIpc) is 2.01. The Morgan fingerprint density at radius 3 is 2.67 bits per heavy atom. The van der Waals surface area contributed by atoms with Gasteiger partial charge in [0, 0.05) is 6.54 Å². The van der Waals surface area contributed by atoms with Crippen LogP contribution in [0.4, 0.5) is 4.79 Å². The van der Waals surface area contributed by atoms with E-state index in [2.05, 4.69) is 17.6 Å². The third kappa shape index (κ3) is 6.85.